The first-order chi connectivity index (χ1) is 7.44. The number of nitriles is 1. The summed E-state index contributed by atoms with van der Waals surface area (Å²) in [7, 11) is 4.18. The third kappa shape index (κ3) is 4.09. The van der Waals surface area contributed by atoms with Gasteiger partial charge in [-0.25, -0.2) is 0 Å². The molecule has 1 N–H and O–H groups in total. The zero-order valence-electron chi connectivity index (χ0n) is 11.0. The molecule has 1 heterocycles. The lowest BCUT2D eigenvalue weighted by Crippen LogP contribution is -2.62. The van der Waals surface area contributed by atoms with E-state index in [0.717, 1.165) is 26.2 Å². The third-order valence-electron chi connectivity index (χ3n) is 3.09. The smallest absolute Gasteiger partial charge is 0.0638 e. The number of hydrogen-bond donors (Lipinski definition) is 1. The molecule has 1 aliphatic rings. The molecule has 92 valence electrons. The van der Waals surface area contributed by atoms with Gasteiger partial charge in [-0.1, -0.05) is 0 Å². The summed E-state index contributed by atoms with van der Waals surface area (Å²) in [5, 5.41) is 12.3. The normalized spacial score (nSPS) is 25.6. The maximum absolute atomic E-state index is 8.83. The number of nitrogens with zero attached hydrogens (tertiary/aromatic N) is 3. The number of likely N-dealkylation sites (N-methyl/N-ethyl adjacent to an activating group) is 1. The molecular formula is C12H24N4. The molecule has 1 saturated heterocycles. The second-order valence-electron chi connectivity index (χ2n) is 5.55. The Labute approximate surface area is 99.2 Å². The topological polar surface area (TPSA) is 42.3 Å². The van der Waals surface area contributed by atoms with Crippen molar-refractivity contribution in [3.63, 3.8) is 0 Å². The van der Waals surface area contributed by atoms with E-state index in [1.54, 1.807) is 0 Å². The van der Waals surface area contributed by atoms with Crippen LogP contribution in [0.25, 0.3) is 0 Å². The molecule has 4 nitrogen and oxygen atoms in total. The van der Waals surface area contributed by atoms with Crippen LogP contribution in [-0.4, -0.2) is 61.7 Å². The second kappa shape index (κ2) is 5.62. The van der Waals surface area contributed by atoms with Gasteiger partial charge in [0.2, 0.25) is 0 Å². The molecule has 1 fully saturated rings. The number of piperazine rings is 1. The van der Waals surface area contributed by atoms with Crippen LogP contribution in [0.1, 0.15) is 20.3 Å². The fourth-order valence-electron chi connectivity index (χ4n) is 2.11. The molecule has 16 heavy (non-hydrogen) atoms. The predicted molar refractivity (Wildman–Crippen MR) is 66.2 cm³/mol. The monoisotopic (exact) mass is 224 g/mol. The van der Waals surface area contributed by atoms with Crippen LogP contribution in [0.15, 0.2) is 0 Å². The lowest BCUT2D eigenvalue weighted by molar-refractivity contribution is 0.0903. The van der Waals surface area contributed by atoms with E-state index < -0.39 is 0 Å². The Morgan fingerprint density at radius 1 is 1.50 bits per heavy atom. The Bertz CT molecular complexity index is 254. The van der Waals surface area contributed by atoms with E-state index in [4.69, 9.17) is 5.26 Å². The van der Waals surface area contributed by atoms with Crippen molar-refractivity contribution in [2.45, 2.75) is 31.8 Å². The molecule has 1 rings (SSSR count). The van der Waals surface area contributed by atoms with Crippen molar-refractivity contribution in [1.82, 2.24) is 15.1 Å². The van der Waals surface area contributed by atoms with Crippen molar-refractivity contribution >= 4 is 0 Å². The van der Waals surface area contributed by atoms with E-state index in [1.165, 1.54) is 0 Å². The average molecular weight is 224 g/mol. The number of rotatable bonds is 4. The van der Waals surface area contributed by atoms with Crippen LogP contribution >= 0.6 is 0 Å². The molecule has 0 amide bonds. The van der Waals surface area contributed by atoms with Gasteiger partial charge in [-0.15, -0.1) is 0 Å². The molecule has 0 aromatic rings. The predicted octanol–water partition coefficient (Wildman–Crippen LogP) is 0.514. The third-order valence-corrected chi connectivity index (χ3v) is 3.09. The van der Waals surface area contributed by atoms with Crippen molar-refractivity contribution in [3.05, 3.63) is 0 Å². The molecule has 0 aliphatic carbocycles. The van der Waals surface area contributed by atoms with Gasteiger partial charge in [0, 0.05) is 37.8 Å². The van der Waals surface area contributed by atoms with Gasteiger partial charge in [-0.05, 0) is 27.9 Å². The quantitative estimate of drug-likeness (QED) is 0.756. The molecule has 4 heteroatoms. The average Bonchev–Trinajstić information content (AvgIpc) is 2.18. The van der Waals surface area contributed by atoms with Crippen LogP contribution in [0.2, 0.25) is 0 Å². The Morgan fingerprint density at radius 2 is 2.19 bits per heavy atom. The zero-order chi connectivity index (χ0) is 12.2. The minimum absolute atomic E-state index is 0.165. The molecule has 1 atom stereocenters. The Kier molecular flexibility index (Phi) is 4.72. The molecule has 1 aliphatic heterocycles. The van der Waals surface area contributed by atoms with Crippen molar-refractivity contribution in [3.8, 4) is 6.07 Å². The summed E-state index contributed by atoms with van der Waals surface area (Å²) in [6.07, 6.45) is 0.622. The van der Waals surface area contributed by atoms with Crippen LogP contribution < -0.4 is 5.32 Å². The maximum Gasteiger partial charge on any atom is 0.0638 e. The lowest BCUT2D eigenvalue weighted by Gasteiger charge is -2.44. The largest absolute Gasteiger partial charge is 0.309 e. The Balaban J connectivity index is 2.54. The van der Waals surface area contributed by atoms with E-state index >= 15 is 0 Å². The van der Waals surface area contributed by atoms with Gasteiger partial charge in [0.15, 0.2) is 0 Å². The lowest BCUT2D eigenvalue weighted by atomic mass is 9.97. The number of hydrogen-bond acceptors (Lipinski definition) is 4. The minimum atomic E-state index is 0.165. The second-order valence-corrected chi connectivity index (χ2v) is 5.55. The SMILES string of the molecule is CN(C)CCN1CC(C)(C)NCC1CC#N. The first kappa shape index (κ1) is 13.4. The van der Waals surface area contributed by atoms with Crippen LogP contribution in [0.3, 0.4) is 0 Å². The van der Waals surface area contributed by atoms with E-state index in [-0.39, 0.29) is 5.54 Å². The molecule has 0 spiro atoms. The molecule has 0 saturated carbocycles. The fourth-order valence-corrected chi connectivity index (χ4v) is 2.11. The molecule has 1 unspecified atom stereocenters. The highest BCUT2D eigenvalue weighted by Crippen LogP contribution is 2.16. The van der Waals surface area contributed by atoms with Crippen LogP contribution in [-0.2, 0) is 0 Å². The van der Waals surface area contributed by atoms with Crippen molar-refractivity contribution < 1.29 is 0 Å². The maximum atomic E-state index is 8.83. The highest BCUT2D eigenvalue weighted by Gasteiger charge is 2.31. The molecule has 0 bridgehead atoms. The number of nitrogens with one attached hydrogen (secondary N) is 1. The zero-order valence-corrected chi connectivity index (χ0v) is 11.0. The molecule has 0 radical (unpaired) electrons. The van der Waals surface area contributed by atoms with Gasteiger partial charge in [0.05, 0.1) is 12.5 Å². The van der Waals surface area contributed by atoms with Gasteiger partial charge in [-0.2, -0.15) is 5.26 Å². The Morgan fingerprint density at radius 3 is 2.75 bits per heavy atom. The standard InChI is InChI=1S/C12H24N4/c1-12(2)10-16(8-7-15(3)4)11(5-6-13)9-14-12/h11,14H,5,7-10H2,1-4H3. The first-order valence-corrected chi connectivity index (χ1v) is 5.95. The van der Waals surface area contributed by atoms with E-state index in [9.17, 15) is 0 Å². The summed E-state index contributed by atoms with van der Waals surface area (Å²) in [5.74, 6) is 0. The van der Waals surface area contributed by atoms with E-state index in [1.807, 2.05) is 0 Å². The van der Waals surface area contributed by atoms with Crippen LogP contribution in [0.5, 0.6) is 0 Å². The summed E-state index contributed by atoms with van der Waals surface area (Å²) >= 11 is 0. The van der Waals surface area contributed by atoms with Gasteiger partial charge in [0.25, 0.3) is 0 Å². The summed E-state index contributed by atoms with van der Waals surface area (Å²) in [4.78, 5) is 4.64. The van der Waals surface area contributed by atoms with Crippen molar-refractivity contribution in [2.24, 2.45) is 0 Å². The Hall–Kier alpha value is -0.630. The first-order valence-electron chi connectivity index (χ1n) is 5.95. The minimum Gasteiger partial charge on any atom is -0.309 e. The van der Waals surface area contributed by atoms with E-state index in [0.29, 0.717) is 12.5 Å². The van der Waals surface area contributed by atoms with Crippen molar-refractivity contribution in [1.29, 1.82) is 5.26 Å². The van der Waals surface area contributed by atoms with Gasteiger partial charge >= 0.3 is 0 Å². The van der Waals surface area contributed by atoms with Gasteiger partial charge in [0.1, 0.15) is 0 Å². The van der Waals surface area contributed by atoms with Crippen LogP contribution in [0.4, 0.5) is 0 Å². The molecular weight excluding hydrogens is 200 g/mol. The molecule has 0 aromatic heterocycles. The fraction of sp³-hybridized carbons (Fsp3) is 0.917. The summed E-state index contributed by atoms with van der Waals surface area (Å²) in [6, 6.07) is 2.66. The van der Waals surface area contributed by atoms with Gasteiger partial charge in [-0.3, -0.25) is 4.90 Å². The van der Waals surface area contributed by atoms with Gasteiger partial charge < -0.3 is 10.2 Å². The van der Waals surface area contributed by atoms with Crippen molar-refractivity contribution in [2.75, 3.05) is 40.3 Å². The summed E-state index contributed by atoms with van der Waals surface area (Å²) in [6.45, 7) is 8.49. The highest BCUT2D eigenvalue weighted by molar-refractivity contribution is 4.95. The van der Waals surface area contributed by atoms with E-state index in [2.05, 4.69) is 49.1 Å². The summed E-state index contributed by atoms with van der Waals surface area (Å²) < 4.78 is 0. The highest BCUT2D eigenvalue weighted by atomic mass is 15.3. The molecule has 0 aromatic carbocycles. The van der Waals surface area contributed by atoms with Crippen LogP contribution in [0, 0.1) is 11.3 Å². The summed E-state index contributed by atoms with van der Waals surface area (Å²) in [5.41, 5.74) is 0.165.